The second-order valence-corrected chi connectivity index (χ2v) is 10.5. The minimum Gasteiger partial charge on any atom is -0.494 e. The van der Waals surface area contributed by atoms with Crippen LogP contribution in [0.2, 0.25) is 0 Å². The molecule has 1 N–H and O–H groups in total. The Morgan fingerprint density at radius 1 is 1.24 bits per heavy atom. The summed E-state index contributed by atoms with van der Waals surface area (Å²) in [4.78, 5) is 44.4. The number of carbonyl (C=O) groups is 3. The Morgan fingerprint density at radius 3 is 2.67 bits per heavy atom. The van der Waals surface area contributed by atoms with Crippen molar-refractivity contribution in [1.29, 1.82) is 0 Å². The minimum atomic E-state index is -0.552. The summed E-state index contributed by atoms with van der Waals surface area (Å²) in [6, 6.07) is 7.69. The molecule has 2 heterocycles. The van der Waals surface area contributed by atoms with Crippen LogP contribution in [0.15, 0.2) is 29.6 Å². The molecule has 3 amide bonds. The number of thiazole rings is 1. The van der Waals surface area contributed by atoms with Gasteiger partial charge in [-0.1, -0.05) is 27.7 Å². The maximum absolute atomic E-state index is 13.1. The summed E-state index contributed by atoms with van der Waals surface area (Å²) in [7, 11) is 0. The highest BCUT2D eigenvalue weighted by Gasteiger charge is 2.64. The van der Waals surface area contributed by atoms with Gasteiger partial charge in [0.1, 0.15) is 5.75 Å². The molecule has 1 aliphatic heterocycles. The zero-order valence-corrected chi connectivity index (χ0v) is 20.5. The van der Waals surface area contributed by atoms with Crippen LogP contribution in [0.25, 0.3) is 11.3 Å². The normalized spacial score (nSPS) is 23.6. The molecule has 2 fully saturated rings. The number of hydrogen-bond donors (Lipinski definition) is 1. The fraction of sp³-hybridized carbons (Fsp3) is 0.520. The number of piperidine rings is 1. The van der Waals surface area contributed by atoms with Crippen LogP contribution in [-0.4, -0.2) is 40.8 Å². The molecule has 4 rings (SSSR count). The van der Waals surface area contributed by atoms with Crippen molar-refractivity contribution in [2.75, 3.05) is 18.5 Å². The van der Waals surface area contributed by atoms with E-state index in [9.17, 15) is 14.4 Å². The van der Waals surface area contributed by atoms with Gasteiger partial charge in [-0.05, 0) is 48.9 Å². The number of ether oxygens (including phenoxy) is 1. The van der Waals surface area contributed by atoms with Crippen LogP contribution >= 0.6 is 11.3 Å². The topological polar surface area (TPSA) is 88.6 Å². The second kappa shape index (κ2) is 8.89. The lowest BCUT2D eigenvalue weighted by atomic mass is 9.62. The van der Waals surface area contributed by atoms with Crippen molar-refractivity contribution in [1.82, 2.24) is 9.88 Å². The van der Waals surface area contributed by atoms with E-state index < -0.39 is 5.41 Å². The number of hydrogen-bond acceptors (Lipinski definition) is 6. The van der Waals surface area contributed by atoms with Gasteiger partial charge in [-0.15, -0.1) is 11.3 Å². The third-order valence-electron chi connectivity index (χ3n) is 7.44. The van der Waals surface area contributed by atoms with Crippen LogP contribution < -0.4 is 10.1 Å². The van der Waals surface area contributed by atoms with Crippen LogP contribution in [-0.2, 0) is 14.4 Å². The number of rotatable bonds is 8. The number of fused-ring (bicyclic) bond motifs is 2. The maximum atomic E-state index is 13.1. The summed E-state index contributed by atoms with van der Waals surface area (Å²) < 4.78 is 5.60. The lowest BCUT2D eigenvalue weighted by Crippen LogP contribution is -2.59. The monoisotopic (exact) mass is 469 g/mol. The van der Waals surface area contributed by atoms with E-state index in [1.165, 1.54) is 16.2 Å². The Balaban J connectivity index is 1.34. The number of benzene rings is 1. The molecular weight excluding hydrogens is 438 g/mol. The first-order valence-electron chi connectivity index (χ1n) is 11.5. The summed E-state index contributed by atoms with van der Waals surface area (Å²) in [6.07, 6.45) is 2.45. The fourth-order valence-electron chi connectivity index (χ4n) is 4.91. The molecule has 1 saturated carbocycles. The van der Waals surface area contributed by atoms with Gasteiger partial charge in [0, 0.05) is 29.8 Å². The molecule has 2 atom stereocenters. The number of imide groups is 1. The largest absolute Gasteiger partial charge is 0.494 e. The highest BCUT2D eigenvalue weighted by Crippen LogP contribution is 2.60. The van der Waals surface area contributed by atoms with Gasteiger partial charge in [-0.25, -0.2) is 4.98 Å². The van der Waals surface area contributed by atoms with Gasteiger partial charge in [0.25, 0.3) is 0 Å². The smallest absolute Gasteiger partial charge is 0.235 e. The zero-order chi connectivity index (χ0) is 23.8. The number of nitrogens with one attached hydrogen (secondary N) is 1. The predicted octanol–water partition coefficient (Wildman–Crippen LogP) is 4.74. The van der Waals surface area contributed by atoms with Crippen LogP contribution in [0.1, 0.15) is 53.4 Å². The lowest BCUT2D eigenvalue weighted by molar-refractivity contribution is -0.167. The zero-order valence-electron chi connectivity index (χ0n) is 19.6. The summed E-state index contributed by atoms with van der Waals surface area (Å²) >= 11 is 1.34. The molecule has 2 unspecified atom stereocenters. The van der Waals surface area contributed by atoms with Gasteiger partial charge in [0.05, 0.1) is 17.7 Å². The quantitative estimate of drug-likeness (QED) is 0.564. The Labute approximate surface area is 198 Å². The van der Waals surface area contributed by atoms with Crippen molar-refractivity contribution in [3.05, 3.63) is 29.6 Å². The fourth-order valence-corrected chi connectivity index (χ4v) is 5.65. The summed E-state index contributed by atoms with van der Waals surface area (Å²) in [5.74, 6) is 0.0974. The van der Waals surface area contributed by atoms with E-state index in [2.05, 4.69) is 17.2 Å². The van der Waals surface area contributed by atoms with Crippen LogP contribution in [0.3, 0.4) is 0 Å². The molecular formula is C25H31N3O4S. The molecule has 2 aliphatic rings. The molecule has 1 aliphatic carbocycles. The molecule has 2 bridgehead atoms. The number of likely N-dealkylation sites (tertiary alicyclic amines) is 1. The van der Waals surface area contributed by atoms with Crippen LogP contribution in [0.5, 0.6) is 5.75 Å². The van der Waals surface area contributed by atoms with E-state index in [4.69, 9.17) is 4.74 Å². The maximum Gasteiger partial charge on any atom is 0.235 e. The minimum absolute atomic E-state index is 0.0546. The Morgan fingerprint density at radius 2 is 1.97 bits per heavy atom. The van der Waals surface area contributed by atoms with Crippen molar-refractivity contribution in [3.63, 3.8) is 0 Å². The summed E-state index contributed by atoms with van der Waals surface area (Å²) in [6.45, 7) is 8.81. The van der Waals surface area contributed by atoms with Crippen molar-refractivity contribution in [2.45, 2.75) is 53.4 Å². The third kappa shape index (κ3) is 4.16. The molecule has 1 saturated heterocycles. The highest BCUT2D eigenvalue weighted by atomic mass is 32.1. The predicted molar refractivity (Wildman–Crippen MR) is 128 cm³/mol. The van der Waals surface area contributed by atoms with Gasteiger partial charge in [0.15, 0.2) is 5.13 Å². The number of amides is 3. The van der Waals surface area contributed by atoms with E-state index in [1.807, 2.05) is 50.4 Å². The van der Waals surface area contributed by atoms with E-state index >= 15 is 0 Å². The number of carbonyl (C=O) groups excluding carboxylic acids is 3. The van der Waals surface area contributed by atoms with Crippen LogP contribution in [0.4, 0.5) is 5.13 Å². The number of anilines is 1. The van der Waals surface area contributed by atoms with E-state index in [0.29, 0.717) is 18.2 Å². The third-order valence-corrected chi connectivity index (χ3v) is 8.20. The molecule has 33 heavy (non-hydrogen) atoms. The van der Waals surface area contributed by atoms with Gasteiger partial charge in [-0.2, -0.15) is 0 Å². The second-order valence-electron chi connectivity index (χ2n) is 9.65. The molecule has 1 aromatic heterocycles. The summed E-state index contributed by atoms with van der Waals surface area (Å²) in [5, 5.41) is 5.18. The molecule has 0 spiro atoms. The first-order chi connectivity index (χ1) is 15.7. The first kappa shape index (κ1) is 23.4. The van der Waals surface area contributed by atoms with Crippen LogP contribution in [0, 0.1) is 16.7 Å². The van der Waals surface area contributed by atoms with Gasteiger partial charge in [0.2, 0.25) is 17.7 Å². The summed E-state index contributed by atoms with van der Waals surface area (Å²) in [5.41, 5.74) is 0.804. The number of aromatic nitrogens is 1. The Bertz CT molecular complexity index is 1060. The molecule has 2 aromatic rings. The van der Waals surface area contributed by atoms with Crippen molar-refractivity contribution in [2.24, 2.45) is 16.7 Å². The van der Waals surface area contributed by atoms with Gasteiger partial charge < -0.3 is 10.1 Å². The van der Waals surface area contributed by atoms with Gasteiger partial charge >= 0.3 is 0 Å². The SMILES string of the molecule is CCCOc1ccc(-c2csc(NC(=O)CCN3C(=O)C4CCC(C)(C3=O)C4(C)C)n2)cc1. The molecule has 1 aromatic carbocycles. The van der Waals surface area contributed by atoms with E-state index in [1.54, 1.807) is 0 Å². The molecule has 7 nitrogen and oxygen atoms in total. The standard InChI is InChI=1S/C25H31N3O4S/c1-5-14-32-17-8-6-16(7-9-17)19-15-33-23(26-19)27-20(29)11-13-28-21(30)18-10-12-25(4,22(28)31)24(18,2)3/h6-9,15,18H,5,10-14H2,1-4H3,(H,26,27,29). The van der Waals surface area contributed by atoms with E-state index in [-0.39, 0.29) is 42.0 Å². The van der Waals surface area contributed by atoms with Crippen molar-refractivity contribution < 1.29 is 19.1 Å². The highest BCUT2D eigenvalue weighted by molar-refractivity contribution is 7.14. The average molecular weight is 470 g/mol. The molecule has 8 heteroatoms. The molecule has 0 radical (unpaired) electrons. The Kier molecular flexibility index (Phi) is 6.31. The van der Waals surface area contributed by atoms with Crippen molar-refractivity contribution >= 4 is 34.2 Å². The Hall–Kier alpha value is -2.74. The van der Waals surface area contributed by atoms with Crippen molar-refractivity contribution in [3.8, 4) is 17.0 Å². The lowest BCUT2D eigenvalue weighted by Gasteiger charge is -2.47. The average Bonchev–Trinajstić information content (AvgIpc) is 3.31. The van der Waals surface area contributed by atoms with Gasteiger partial charge in [-0.3, -0.25) is 19.3 Å². The van der Waals surface area contributed by atoms with E-state index in [0.717, 1.165) is 29.8 Å². The number of nitrogens with zero attached hydrogens (tertiary/aromatic N) is 2. The first-order valence-corrected chi connectivity index (χ1v) is 12.4. The molecule has 176 valence electrons.